The van der Waals surface area contributed by atoms with E-state index in [2.05, 4.69) is 0 Å². The molecule has 1 aromatic rings. The maximum Gasteiger partial charge on any atom is 0.418 e. The van der Waals surface area contributed by atoms with Gasteiger partial charge in [0.15, 0.2) is 6.10 Å². The molecule has 1 fully saturated rings. The van der Waals surface area contributed by atoms with Gasteiger partial charge in [0.25, 0.3) is 0 Å². The van der Waals surface area contributed by atoms with Crippen LogP contribution in [0.5, 0.6) is 0 Å². The number of aliphatic hydroxyl groups excluding tert-OH is 1. The van der Waals surface area contributed by atoms with E-state index in [1.807, 2.05) is 0 Å². The van der Waals surface area contributed by atoms with Gasteiger partial charge in [0.05, 0.1) is 23.2 Å². The third kappa shape index (κ3) is 3.42. The van der Waals surface area contributed by atoms with Crippen molar-refractivity contribution in [3.05, 3.63) is 28.8 Å². The van der Waals surface area contributed by atoms with Crippen molar-refractivity contribution < 1.29 is 36.2 Å². The third-order valence-electron chi connectivity index (χ3n) is 4.05. The van der Waals surface area contributed by atoms with Crippen LogP contribution < -0.4 is 4.90 Å². The molecule has 0 spiro atoms. The summed E-state index contributed by atoms with van der Waals surface area (Å²) in [6.07, 6.45) is -13.5. The number of nitrogens with zero attached hydrogens (tertiary/aromatic N) is 2. The predicted octanol–water partition coefficient (Wildman–Crippen LogP) is 3.30. The second kappa shape index (κ2) is 6.22. The van der Waals surface area contributed by atoms with Gasteiger partial charge in [-0.1, -0.05) is 0 Å². The number of hydrogen-bond donors (Lipinski definition) is 1. The van der Waals surface area contributed by atoms with Crippen molar-refractivity contribution in [2.24, 2.45) is 0 Å². The van der Waals surface area contributed by atoms with E-state index in [9.17, 15) is 36.2 Å². The number of carbonyl (C=O) groups excluding carboxylic acids is 1. The van der Waals surface area contributed by atoms with Gasteiger partial charge in [-0.15, -0.1) is 0 Å². The zero-order valence-electron chi connectivity index (χ0n) is 12.7. The van der Waals surface area contributed by atoms with Crippen LogP contribution in [-0.4, -0.2) is 29.3 Å². The molecule has 0 radical (unpaired) electrons. The van der Waals surface area contributed by atoms with E-state index in [-0.39, 0.29) is 12.8 Å². The number of hydrogen-bond acceptors (Lipinski definition) is 3. The Hall–Kier alpha value is -2.28. The quantitative estimate of drug-likeness (QED) is 0.817. The fourth-order valence-corrected chi connectivity index (χ4v) is 2.96. The van der Waals surface area contributed by atoms with Gasteiger partial charge in [-0.2, -0.15) is 31.6 Å². The molecule has 2 rings (SSSR count). The summed E-state index contributed by atoms with van der Waals surface area (Å²) in [4.78, 5) is 12.5. The zero-order chi connectivity index (χ0) is 19.2. The summed E-state index contributed by atoms with van der Waals surface area (Å²) < 4.78 is 78.0. The minimum absolute atomic E-state index is 0.335. The Morgan fingerprint density at radius 3 is 2.36 bits per heavy atom. The first-order valence-electron chi connectivity index (χ1n) is 7.07. The molecule has 0 bridgehead atoms. The minimum atomic E-state index is -5.03. The van der Waals surface area contributed by atoms with E-state index in [1.54, 1.807) is 0 Å². The van der Waals surface area contributed by atoms with Gasteiger partial charge < -0.3 is 10.0 Å². The Labute approximate surface area is 138 Å². The summed E-state index contributed by atoms with van der Waals surface area (Å²) in [7, 11) is 0. The summed E-state index contributed by atoms with van der Waals surface area (Å²) in [6, 6.07) is 1.44. The van der Waals surface area contributed by atoms with Gasteiger partial charge >= 0.3 is 12.4 Å². The minimum Gasteiger partial charge on any atom is -0.382 e. The van der Waals surface area contributed by atoms with Crippen molar-refractivity contribution in [3.63, 3.8) is 0 Å². The molecule has 1 amide bonds. The molecule has 0 aliphatic carbocycles. The largest absolute Gasteiger partial charge is 0.418 e. The van der Waals surface area contributed by atoms with Crippen molar-refractivity contribution in [2.45, 2.75) is 44.3 Å². The standard InChI is InChI=1S/C15H12F6N2O2/c1-7-9(3-2-8(6-22)12(7)14(16,17)18)23-10(4-5-11(23)24)13(25)15(19,20)21/h2-3,10,13,25H,4-5H2,1H3/t10-,13-/m1/s1. The Kier molecular flexibility index (Phi) is 4.74. The number of rotatable bonds is 2. The summed E-state index contributed by atoms with van der Waals surface area (Å²) >= 11 is 0. The Morgan fingerprint density at radius 1 is 1.28 bits per heavy atom. The van der Waals surface area contributed by atoms with Gasteiger partial charge in [0, 0.05) is 12.1 Å². The average molecular weight is 366 g/mol. The molecule has 25 heavy (non-hydrogen) atoms. The zero-order valence-corrected chi connectivity index (χ0v) is 12.7. The topological polar surface area (TPSA) is 64.3 Å². The fourth-order valence-electron chi connectivity index (χ4n) is 2.96. The van der Waals surface area contributed by atoms with Crippen molar-refractivity contribution in [2.75, 3.05) is 4.90 Å². The molecule has 2 atom stereocenters. The van der Waals surface area contributed by atoms with Crippen molar-refractivity contribution in [1.29, 1.82) is 5.26 Å². The summed E-state index contributed by atoms with van der Waals surface area (Å²) in [5.74, 6) is -0.825. The van der Waals surface area contributed by atoms with Crippen LogP contribution in [0.2, 0.25) is 0 Å². The van der Waals surface area contributed by atoms with E-state index in [0.717, 1.165) is 19.1 Å². The van der Waals surface area contributed by atoms with Crippen LogP contribution >= 0.6 is 0 Å². The lowest BCUT2D eigenvalue weighted by molar-refractivity contribution is -0.209. The molecule has 1 saturated heterocycles. The smallest absolute Gasteiger partial charge is 0.382 e. The molecule has 10 heteroatoms. The first-order valence-corrected chi connectivity index (χ1v) is 7.07. The van der Waals surface area contributed by atoms with Crippen molar-refractivity contribution >= 4 is 11.6 Å². The molecular formula is C15H12F6N2O2. The molecule has 4 nitrogen and oxygen atoms in total. The van der Waals surface area contributed by atoms with E-state index >= 15 is 0 Å². The van der Waals surface area contributed by atoms with Gasteiger partial charge in [-0.3, -0.25) is 4.79 Å². The highest BCUT2D eigenvalue weighted by atomic mass is 19.4. The molecule has 1 N–H and O–H groups in total. The monoisotopic (exact) mass is 366 g/mol. The Balaban J connectivity index is 2.60. The van der Waals surface area contributed by atoms with Crippen LogP contribution in [-0.2, 0) is 11.0 Å². The number of anilines is 1. The molecule has 1 heterocycles. The Morgan fingerprint density at radius 2 is 1.88 bits per heavy atom. The number of benzene rings is 1. The van der Waals surface area contributed by atoms with Crippen LogP contribution in [0.25, 0.3) is 0 Å². The molecule has 1 aromatic carbocycles. The molecule has 0 aromatic heterocycles. The molecule has 0 unspecified atom stereocenters. The molecule has 136 valence electrons. The normalized spacial score (nSPS) is 19.9. The van der Waals surface area contributed by atoms with Crippen LogP contribution in [0.3, 0.4) is 0 Å². The van der Waals surface area contributed by atoms with Crippen LogP contribution in [0.1, 0.15) is 29.5 Å². The SMILES string of the molecule is Cc1c(N2C(=O)CC[C@@H]2[C@@H](O)C(F)(F)F)ccc(C#N)c1C(F)(F)F. The number of carbonyl (C=O) groups is 1. The Bertz CT molecular complexity index is 735. The van der Waals surface area contributed by atoms with Gasteiger partial charge in [-0.05, 0) is 31.0 Å². The maximum absolute atomic E-state index is 13.2. The van der Waals surface area contributed by atoms with Gasteiger partial charge in [0.2, 0.25) is 5.91 Å². The van der Waals surface area contributed by atoms with Gasteiger partial charge in [-0.25, -0.2) is 0 Å². The first-order chi connectivity index (χ1) is 11.4. The molecular weight excluding hydrogens is 354 g/mol. The predicted molar refractivity (Wildman–Crippen MR) is 73.5 cm³/mol. The van der Waals surface area contributed by atoms with Crippen LogP contribution in [0.15, 0.2) is 12.1 Å². The average Bonchev–Trinajstić information content (AvgIpc) is 2.85. The van der Waals surface area contributed by atoms with Gasteiger partial charge in [0.1, 0.15) is 0 Å². The van der Waals surface area contributed by atoms with E-state index in [1.165, 1.54) is 6.07 Å². The van der Waals surface area contributed by atoms with E-state index < -0.39 is 52.8 Å². The molecule has 1 aliphatic rings. The number of alkyl halides is 6. The molecule has 0 saturated carbocycles. The number of amides is 1. The van der Waals surface area contributed by atoms with Crippen LogP contribution in [0.4, 0.5) is 32.0 Å². The highest BCUT2D eigenvalue weighted by molar-refractivity contribution is 5.97. The lowest BCUT2D eigenvalue weighted by Gasteiger charge is -2.31. The van der Waals surface area contributed by atoms with Crippen LogP contribution in [0, 0.1) is 18.3 Å². The highest BCUT2D eigenvalue weighted by Crippen LogP contribution is 2.41. The summed E-state index contributed by atoms with van der Waals surface area (Å²) in [6.45, 7) is 0.974. The third-order valence-corrected chi connectivity index (χ3v) is 4.05. The first kappa shape index (κ1) is 19.1. The fraction of sp³-hybridized carbons (Fsp3) is 0.467. The summed E-state index contributed by atoms with van der Waals surface area (Å²) in [5, 5.41) is 18.3. The molecule has 1 aliphatic heterocycles. The number of aliphatic hydroxyl groups is 1. The second-order valence-electron chi connectivity index (χ2n) is 5.60. The number of halogens is 6. The maximum atomic E-state index is 13.2. The highest BCUT2D eigenvalue weighted by Gasteiger charge is 2.50. The lowest BCUT2D eigenvalue weighted by atomic mass is 9.98. The second-order valence-corrected chi connectivity index (χ2v) is 5.60. The van der Waals surface area contributed by atoms with E-state index in [4.69, 9.17) is 5.26 Å². The summed E-state index contributed by atoms with van der Waals surface area (Å²) in [5.41, 5.74) is -2.95. The lowest BCUT2D eigenvalue weighted by Crippen LogP contribution is -2.48. The van der Waals surface area contributed by atoms with Crippen molar-refractivity contribution in [3.8, 4) is 6.07 Å². The van der Waals surface area contributed by atoms with Crippen molar-refractivity contribution in [1.82, 2.24) is 0 Å². The van der Waals surface area contributed by atoms with E-state index in [0.29, 0.717) is 4.90 Å². The number of nitriles is 1.